The molecule has 1 aliphatic heterocycles. The Bertz CT molecular complexity index is 769. The third-order valence-corrected chi connectivity index (χ3v) is 4.87. The lowest BCUT2D eigenvalue weighted by molar-refractivity contribution is -0.129. The van der Waals surface area contributed by atoms with Gasteiger partial charge < -0.3 is 9.80 Å². The number of carbonyl (C=O) groups is 1. The van der Waals surface area contributed by atoms with Gasteiger partial charge in [0.1, 0.15) is 0 Å². The Morgan fingerprint density at radius 3 is 2.21 bits per heavy atom. The van der Waals surface area contributed by atoms with Crippen molar-refractivity contribution in [2.75, 3.05) is 11.4 Å². The molecule has 1 atom stereocenters. The third kappa shape index (κ3) is 5.93. The predicted octanol–water partition coefficient (Wildman–Crippen LogP) is 4.46. The monoisotopic (exact) mass is 392 g/mol. The van der Waals surface area contributed by atoms with Crippen molar-refractivity contribution in [1.82, 2.24) is 10.4 Å². The molecule has 1 amide bonds. The normalized spacial score (nSPS) is 15.3. The van der Waals surface area contributed by atoms with Gasteiger partial charge in [-0.15, -0.1) is 0 Å². The molecule has 1 heterocycles. The quantitative estimate of drug-likeness (QED) is 0.356. The second-order valence-electron chi connectivity index (χ2n) is 6.96. The van der Waals surface area contributed by atoms with Gasteiger partial charge in [-0.05, 0) is 43.2 Å². The van der Waals surface area contributed by atoms with Gasteiger partial charge in [-0.25, -0.2) is 10.5 Å². The third-order valence-electron chi connectivity index (χ3n) is 4.87. The smallest absolute Gasteiger partial charge is 0.243 e. The van der Waals surface area contributed by atoms with Crippen molar-refractivity contribution in [2.24, 2.45) is 4.99 Å². The second kappa shape index (κ2) is 11.0. The number of unbranched alkanes of at least 4 members (excludes halogenated alkanes) is 3. The number of nitrogens with zero attached hydrogens (tertiary/aromatic N) is 3. The van der Waals surface area contributed by atoms with Crippen molar-refractivity contribution in [2.45, 2.75) is 38.4 Å². The largest absolute Gasteiger partial charge is 0.339 e. The van der Waals surface area contributed by atoms with E-state index in [0.717, 1.165) is 43.6 Å². The fourth-order valence-corrected chi connectivity index (χ4v) is 3.43. The first-order valence-electron chi connectivity index (χ1n) is 10.1. The molecular weight excluding hydrogens is 364 g/mol. The summed E-state index contributed by atoms with van der Waals surface area (Å²) < 4.78 is 0. The summed E-state index contributed by atoms with van der Waals surface area (Å²) in [7, 11) is 0. The molecule has 1 aliphatic rings. The topological polar surface area (TPSA) is 68.2 Å². The van der Waals surface area contributed by atoms with E-state index in [1.54, 1.807) is 5.48 Å². The summed E-state index contributed by atoms with van der Waals surface area (Å²) in [5.41, 5.74) is 3.87. The summed E-state index contributed by atoms with van der Waals surface area (Å²) in [6, 6.07) is 20.6. The van der Waals surface area contributed by atoms with Crippen LogP contribution in [0.4, 0.5) is 11.4 Å². The molecule has 0 spiro atoms. The second-order valence-corrected chi connectivity index (χ2v) is 6.96. The Labute approximate surface area is 172 Å². The van der Waals surface area contributed by atoms with Gasteiger partial charge in [0.05, 0.1) is 0 Å². The van der Waals surface area contributed by atoms with Crippen LogP contribution in [-0.4, -0.2) is 35.1 Å². The van der Waals surface area contributed by atoms with Crippen LogP contribution >= 0.6 is 0 Å². The molecule has 0 saturated carbocycles. The van der Waals surface area contributed by atoms with Crippen LogP contribution < -0.4 is 10.4 Å². The van der Waals surface area contributed by atoms with E-state index in [1.165, 1.54) is 0 Å². The lowest BCUT2D eigenvalue weighted by Crippen LogP contribution is -2.44. The number of allylic oxidation sites excluding steroid dienone is 1. The van der Waals surface area contributed by atoms with Gasteiger partial charge in [0.2, 0.25) is 12.2 Å². The minimum atomic E-state index is -0.320. The highest BCUT2D eigenvalue weighted by Gasteiger charge is 2.25. The molecule has 6 heteroatoms. The van der Waals surface area contributed by atoms with E-state index in [4.69, 9.17) is 10.2 Å². The Morgan fingerprint density at radius 2 is 1.59 bits per heavy atom. The van der Waals surface area contributed by atoms with E-state index in [0.29, 0.717) is 6.42 Å². The van der Waals surface area contributed by atoms with Gasteiger partial charge in [0.25, 0.3) is 0 Å². The average Bonchev–Trinajstić information content (AvgIpc) is 2.78. The number of anilines is 2. The van der Waals surface area contributed by atoms with E-state index in [1.807, 2.05) is 48.7 Å². The van der Waals surface area contributed by atoms with Crippen molar-refractivity contribution in [3.63, 3.8) is 0 Å². The fraction of sp³-hybridized carbons (Fsp3) is 0.304. The van der Waals surface area contributed by atoms with Crippen LogP contribution in [0.2, 0.25) is 0 Å². The molecule has 0 aliphatic carbocycles. The van der Waals surface area contributed by atoms with Gasteiger partial charge >= 0.3 is 0 Å². The lowest BCUT2D eigenvalue weighted by atomic mass is 10.1. The number of para-hydroxylation sites is 2. The molecule has 2 aromatic carbocycles. The first-order valence-corrected chi connectivity index (χ1v) is 10.1. The number of hydrogen-bond donors (Lipinski definition) is 2. The molecule has 1 unspecified atom stereocenters. The molecule has 0 aromatic heterocycles. The van der Waals surface area contributed by atoms with Crippen LogP contribution in [0.1, 0.15) is 32.1 Å². The van der Waals surface area contributed by atoms with Crippen LogP contribution in [0, 0.1) is 0 Å². The SMILES string of the molecule is O=C(CCCCCCN1C=CC=NC1N(c1ccccc1)c1ccccc1)NO. The van der Waals surface area contributed by atoms with E-state index >= 15 is 0 Å². The number of rotatable bonds is 10. The molecule has 0 bridgehead atoms. The van der Waals surface area contributed by atoms with Gasteiger partial charge in [0, 0.05) is 36.8 Å². The number of amides is 1. The first kappa shape index (κ1) is 20.6. The molecule has 6 nitrogen and oxygen atoms in total. The van der Waals surface area contributed by atoms with Gasteiger partial charge in [-0.3, -0.25) is 10.0 Å². The lowest BCUT2D eigenvalue weighted by Gasteiger charge is -2.39. The van der Waals surface area contributed by atoms with Crippen LogP contribution in [0.15, 0.2) is 77.9 Å². The van der Waals surface area contributed by atoms with E-state index in [9.17, 15) is 4.79 Å². The van der Waals surface area contributed by atoms with Crippen LogP contribution in [0.25, 0.3) is 0 Å². The van der Waals surface area contributed by atoms with E-state index < -0.39 is 0 Å². The average molecular weight is 393 g/mol. The van der Waals surface area contributed by atoms with Crippen LogP contribution in [0.3, 0.4) is 0 Å². The molecule has 2 N–H and O–H groups in total. The maximum absolute atomic E-state index is 11.1. The highest BCUT2D eigenvalue weighted by molar-refractivity contribution is 5.74. The molecule has 29 heavy (non-hydrogen) atoms. The molecule has 0 fully saturated rings. The highest BCUT2D eigenvalue weighted by Crippen LogP contribution is 2.30. The maximum Gasteiger partial charge on any atom is 0.243 e. The summed E-state index contributed by atoms with van der Waals surface area (Å²) in [6.45, 7) is 0.876. The summed E-state index contributed by atoms with van der Waals surface area (Å²) in [4.78, 5) is 20.3. The summed E-state index contributed by atoms with van der Waals surface area (Å²) in [6.07, 6.45) is 9.90. The van der Waals surface area contributed by atoms with Crippen molar-refractivity contribution in [3.8, 4) is 0 Å². The highest BCUT2D eigenvalue weighted by atomic mass is 16.5. The standard InChI is InChI=1S/C23H28N4O2/c28-22(25-29)16-9-1-2-10-18-26-19-11-17-24-23(26)27(20-12-5-3-6-13-20)21-14-7-4-8-15-21/h3-8,11-15,17,19,23,29H,1-2,9-10,16,18H2,(H,25,28). The molecule has 3 rings (SSSR count). The Hall–Kier alpha value is -3.12. The van der Waals surface area contributed by atoms with E-state index in [2.05, 4.69) is 40.3 Å². The van der Waals surface area contributed by atoms with Crippen molar-refractivity contribution in [1.29, 1.82) is 0 Å². The number of hydroxylamine groups is 1. The predicted molar refractivity (Wildman–Crippen MR) is 116 cm³/mol. The van der Waals surface area contributed by atoms with Crippen molar-refractivity contribution >= 4 is 23.5 Å². The zero-order chi connectivity index (χ0) is 20.3. The Kier molecular flexibility index (Phi) is 7.83. The summed E-state index contributed by atoms with van der Waals surface area (Å²) in [5, 5.41) is 8.54. The van der Waals surface area contributed by atoms with Crippen molar-refractivity contribution < 1.29 is 10.0 Å². The molecular formula is C23H28N4O2. The summed E-state index contributed by atoms with van der Waals surface area (Å²) >= 11 is 0. The summed E-state index contributed by atoms with van der Waals surface area (Å²) in [5.74, 6) is -0.320. The number of carbonyl (C=O) groups excluding carboxylic acids is 1. The molecule has 0 saturated heterocycles. The van der Waals surface area contributed by atoms with Gasteiger partial charge in [0.15, 0.2) is 0 Å². The maximum atomic E-state index is 11.1. The zero-order valence-corrected chi connectivity index (χ0v) is 16.5. The minimum absolute atomic E-state index is 0.148. The van der Waals surface area contributed by atoms with Crippen LogP contribution in [0.5, 0.6) is 0 Å². The number of nitrogens with one attached hydrogen (secondary N) is 1. The van der Waals surface area contributed by atoms with Crippen molar-refractivity contribution in [3.05, 3.63) is 72.9 Å². The van der Waals surface area contributed by atoms with Gasteiger partial charge in [-0.2, -0.15) is 0 Å². The molecule has 152 valence electrons. The Morgan fingerprint density at radius 1 is 0.966 bits per heavy atom. The fourth-order valence-electron chi connectivity index (χ4n) is 3.43. The Balaban J connectivity index is 1.66. The van der Waals surface area contributed by atoms with E-state index in [-0.39, 0.29) is 12.2 Å². The number of aliphatic imine (C=N–C) groups is 1. The zero-order valence-electron chi connectivity index (χ0n) is 16.5. The van der Waals surface area contributed by atoms with Gasteiger partial charge in [-0.1, -0.05) is 49.2 Å². The minimum Gasteiger partial charge on any atom is -0.339 e. The molecule has 2 aromatic rings. The number of benzene rings is 2. The van der Waals surface area contributed by atoms with Crippen LogP contribution in [-0.2, 0) is 4.79 Å². The molecule has 0 radical (unpaired) electrons. The number of hydrogen-bond acceptors (Lipinski definition) is 5. The first-order chi connectivity index (χ1) is 14.3.